The number of halogens is 12. The Balaban J connectivity index is -0.00000176. The van der Waals surface area contributed by atoms with Crippen LogP contribution in [0, 0.1) is 5.92 Å². The molecule has 0 radical (unpaired) electrons. The summed E-state index contributed by atoms with van der Waals surface area (Å²) in [5, 5.41) is 65.1. The first-order valence-corrected chi connectivity index (χ1v) is 23.9. The third kappa shape index (κ3) is 38.3. The van der Waals surface area contributed by atoms with Crippen LogP contribution >= 0.6 is 11.8 Å². The van der Waals surface area contributed by atoms with E-state index < -0.39 is 108 Å². The molecule has 5 amide bonds. The Morgan fingerprint density at radius 2 is 0.827 bits per heavy atom. The fourth-order valence-corrected chi connectivity index (χ4v) is 6.21. The molecule has 2 aliphatic rings. The fourth-order valence-electron chi connectivity index (χ4n) is 5.74. The Kier molecular flexibility index (Phi) is 36.5. The van der Waals surface area contributed by atoms with Gasteiger partial charge in [-0.05, 0) is 24.3 Å². The number of carboxylic acids is 7. The number of thioether (sulfide) groups is 1. The Bertz CT molecular complexity index is 2010. The zero-order valence-corrected chi connectivity index (χ0v) is 43.4. The summed E-state index contributed by atoms with van der Waals surface area (Å²) in [5.74, 6) is -16.5. The largest absolute Gasteiger partial charge is 0.490 e. The number of hydrogen-bond acceptors (Lipinski definition) is 17. The second kappa shape index (κ2) is 37.8. The molecule has 10 N–H and O–H groups in total. The molecule has 40 heteroatoms. The van der Waals surface area contributed by atoms with E-state index in [1.54, 1.807) is 26.5 Å². The molecule has 0 aromatic carbocycles. The van der Waals surface area contributed by atoms with Crippen LogP contribution in [-0.2, 0) is 57.5 Å². The molecule has 0 saturated carbocycles. The van der Waals surface area contributed by atoms with Gasteiger partial charge in [0.2, 0.25) is 17.7 Å². The van der Waals surface area contributed by atoms with Gasteiger partial charge < -0.3 is 51.7 Å². The number of nitrogens with zero attached hydrogens (tertiary/aromatic N) is 5. The summed E-state index contributed by atoms with van der Waals surface area (Å²) in [6.07, 6.45) is -15.4. The first-order chi connectivity index (χ1) is 36.9. The van der Waals surface area contributed by atoms with E-state index in [0.717, 1.165) is 17.1 Å². The Hall–Kier alpha value is -7.07. The number of carbonyl (C=O) groups excluding carboxylic acids is 5. The normalized spacial score (nSPS) is 16.2. The molecule has 0 bridgehead atoms. The molecule has 81 heavy (non-hydrogen) atoms. The van der Waals surface area contributed by atoms with Gasteiger partial charge in [-0.2, -0.15) is 64.4 Å². The molecule has 1 saturated heterocycles. The van der Waals surface area contributed by atoms with E-state index in [1.807, 2.05) is 13.2 Å². The highest BCUT2D eigenvalue weighted by molar-refractivity contribution is 7.98. The van der Waals surface area contributed by atoms with Gasteiger partial charge in [0.1, 0.15) is 12.1 Å². The van der Waals surface area contributed by atoms with Gasteiger partial charge in [-0.25, -0.2) is 19.2 Å². The van der Waals surface area contributed by atoms with Crippen molar-refractivity contribution in [2.45, 2.75) is 63.5 Å². The molecule has 2 heterocycles. The molecule has 3 atom stereocenters. The van der Waals surface area contributed by atoms with E-state index in [4.69, 9.17) is 39.6 Å². The van der Waals surface area contributed by atoms with Gasteiger partial charge in [-0.1, -0.05) is 20.3 Å². The third-order valence-corrected chi connectivity index (χ3v) is 10.6. The van der Waals surface area contributed by atoms with Crippen molar-refractivity contribution >= 4 is 83.1 Å². The van der Waals surface area contributed by atoms with Crippen LogP contribution in [0.25, 0.3) is 0 Å². The third-order valence-electron chi connectivity index (χ3n) is 9.93. The highest BCUT2D eigenvalue weighted by Gasteiger charge is 2.40. The molecule has 2 rings (SSSR count). The Labute approximate surface area is 454 Å². The van der Waals surface area contributed by atoms with Crippen LogP contribution in [0.1, 0.15) is 26.7 Å². The summed E-state index contributed by atoms with van der Waals surface area (Å²) >= 11 is 1.47. The number of rotatable bonds is 20. The highest BCUT2D eigenvalue weighted by atomic mass is 32.2. The second-order valence-electron chi connectivity index (χ2n) is 16.2. The van der Waals surface area contributed by atoms with Gasteiger partial charge in [0, 0.05) is 77.6 Å². The lowest BCUT2D eigenvalue weighted by Gasteiger charge is -2.33. The summed E-state index contributed by atoms with van der Waals surface area (Å²) in [6.45, 7) is 4.33. The number of carbonyl (C=O) groups is 12. The number of aliphatic carboxylic acids is 7. The minimum Gasteiger partial charge on any atom is -0.480 e. The molecule has 1 fully saturated rings. The van der Waals surface area contributed by atoms with Crippen molar-refractivity contribution in [2.24, 2.45) is 5.92 Å². The van der Waals surface area contributed by atoms with Gasteiger partial charge in [0.05, 0.1) is 26.2 Å². The average Bonchev–Trinajstić information content (AvgIpc) is 3.64. The topological polar surface area (TPSA) is 399 Å². The van der Waals surface area contributed by atoms with Crippen LogP contribution in [0.4, 0.5) is 52.7 Å². The fraction of sp³-hybridized carbons (Fsp3) is 0.659. The van der Waals surface area contributed by atoms with Crippen molar-refractivity contribution in [1.82, 2.24) is 40.4 Å². The van der Waals surface area contributed by atoms with Crippen molar-refractivity contribution in [1.29, 1.82) is 0 Å². The van der Waals surface area contributed by atoms with Crippen LogP contribution in [0.2, 0.25) is 0 Å². The van der Waals surface area contributed by atoms with Crippen molar-refractivity contribution < 1.29 is 146 Å². The van der Waals surface area contributed by atoms with Gasteiger partial charge in [-0.15, -0.1) is 0 Å². The Morgan fingerprint density at radius 3 is 1.09 bits per heavy atom. The number of nitrogens with one attached hydrogen (secondary N) is 3. The monoisotopic (exact) mass is 1230 g/mol. The van der Waals surface area contributed by atoms with Crippen LogP contribution in [0.3, 0.4) is 0 Å². The number of alkyl halides is 12. The number of hydrogen-bond donors (Lipinski definition) is 10. The summed E-state index contributed by atoms with van der Waals surface area (Å²) < 4.78 is 127. The van der Waals surface area contributed by atoms with E-state index in [0.29, 0.717) is 12.2 Å². The van der Waals surface area contributed by atoms with E-state index in [2.05, 4.69) is 16.0 Å². The molecule has 0 unspecified atom stereocenters. The van der Waals surface area contributed by atoms with Gasteiger partial charge in [0.25, 0.3) is 11.8 Å². The summed E-state index contributed by atoms with van der Waals surface area (Å²) in [4.78, 5) is 142. The maximum Gasteiger partial charge on any atom is 0.490 e. The molecule has 466 valence electrons. The minimum atomic E-state index is -5.08. The molecule has 27 nitrogen and oxygen atoms in total. The van der Waals surface area contributed by atoms with Crippen molar-refractivity contribution in [3.05, 3.63) is 12.2 Å². The van der Waals surface area contributed by atoms with E-state index in [-0.39, 0.29) is 104 Å². The molecule has 0 aromatic heterocycles. The van der Waals surface area contributed by atoms with E-state index in [9.17, 15) is 106 Å². The molecule has 2 aliphatic heterocycles. The standard InChI is InChI=1S/C33H54N8O11S.4C2HF3O2/c1-4-23(2)31(33(52)34-8-9-41-26(43)5-6-27(41)44)36-32(51)24(7-18-53-3)35-25(42)19-37-10-12-38(20-28(45)46)14-16-40(22-30(49)50)17-15-39(13-11-37)21-29(47)48;4*3-2(4,5)1(6)7/h5-6,23-24,31H,4,7-22H2,1-3H3,(H,34,52)(H,35,42)(H,36,51)(H,45,46)(H,47,48)(H,49,50);4*(H,6,7)/t23-,24-,31-;;;;/m0..../s1. The van der Waals surface area contributed by atoms with Gasteiger partial charge in [-0.3, -0.25) is 62.9 Å². The first kappa shape index (κ1) is 78.2. The maximum atomic E-state index is 13.6. The van der Waals surface area contributed by atoms with Gasteiger partial charge >= 0.3 is 66.5 Å². The second-order valence-corrected chi connectivity index (χ2v) is 17.2. The predicted octanol–water partition coefficient (Wildman–Crippen LogP) is -0.195. The number of amides is 5. The predicted molar refractivity (Wildman–Crippen MR) is 249 cm³/mol. The lowest BCUT2D eigenvalue weighted by Crippen LogP contribution is -2.57. The zero-order chi connectivity index (χ0) is 63.8. The quantitative estimate of drug-likeness (QED) is 0.0558. The molecule has 0 spiro atoms. The van der Waals surface area contributed by atoms with E-state index in [1.165, 1.54) is 11.8 Å². The SMILES string of the molecule is CC[C@H](C)[C@H](NC(=O)[C@H](CCSC)NC(=O)CN1CCN(CC(=O)O)CCN(CC(=O)O)CCN(CC(=O)O)CC1)C(=O)NCCN1C(=O)C=CC1=O.O=C(O)C(F)(F)F.O=C(O)C(F)(F)F.O=C(O)C(F)(F)F.O=C(O)C(F)(F)F. The van der Waals surface area contributed by atoms with Crippen LogP contribution < -0.4 is 16.0 Å². The van der Waals surface area contributed by atoms with Gasteiger partial charge in [0.15, 0.2) is 0 Å². The van der Waals surface area contributed by atoms with Crippen LogP contribution in [0.5, 0.6) is 0 Å². The molecule has 0 aromatic rings. The van der Waals surface area contributed by atoms with Crippen LogP contribution in [-0.4, -0.2) is 272 Å². The lowest BCUT2D eigenvalue weighted by atomic mass is 9.97. The summed E-state index contributed by atoms with van der Waals surface area (Å²) in [5.41, 5.74) is 0. The van der Waals surface area contributed by atoms with Crippen molar-refractivity contribution in [2.75, 3.05) is 104 Å². The number of carboxylic acid groups (broad SMARTS) is 7. The highest BCUT2D eigenvalue weighted by Crippen LogP contribution is 2.16. The summed E-state index contributed by atoms with van der Waals surface area (Å²) in [7, 11) is 0. The van der Waals surface area contributed by atoms with Crippen molar-refractivity contribution in [3.8, 4) is 0 Å². The minimum absolute atomic E-state index is 0.0162. The summed E-state index contributed by atoms with van der Waals surface area (Å²) in [6, 6.07) is -1.97. The molecular formula is C41H58F12N8O19S. The lowest BCUT2D eigenvalue weighted by molar-refractivity contribution is -0.193. The number of imide groups is 1. The van der Waals surface area contributed by atoms with Crippen LogP contribution in [0.15, 0.2) is 12.2 Å². The Morgan fingerprint density at radius 1 is 0.531 bits per heavy atom. The first-order valence-electron chi connectivity index (χ1n) is 22.6. The molecule has 0 aliphatic carbocycles. The smallest absolute Gasteiger partial charge is 0.480 e. The van der Waals surface area contributed by atoms with Crippen molar-refractivity contribution in [3.63, 3.8) is 0 Å². The van der Waals surface area contributed by atoms with E-state index >= 15 is 0 Å². The molecular weight excluding hydrogens is 1170 g/mol. The maximum absolute atomic E-state index is 13.6. The average molecular weight is 1230 g/mol. The zero-order valence-electron chi connectivity index (χ0n) is 42.6.